The summed E-state index contributed by atoms with van der Waals surface area (Å²) >= 11 is 0. The Bertz CT molecular complexity index is 211. The first-order valence-electron chi connectivity index (χ1n) is 5.56. The summed E-state index contributed by atoms with van der Waals surface area (Å²) in [6.45, 7) is 1.93. The zero-order chi connectivity index (χ0) is 11.3. The Morgan fingerprint density at radius 1 is 1.53 bits per heavy atom. The van der Waals surface area contributed by atoms with Crippen LogP contribution in [0, 0.1) is 0 Å². The topological polar surface area (TPSA) is 41.6 Å². The lowest BCUT2D eigenvalue weighted by Crippen LogP contribution is -2.47. The van der Waals surface area contributed by atoms with Gasteiger partial charge in [0.1, 0.15) is 0 Å². The molecule has 1 atom stereocenters. The molecular weight excluding hydrogens is 192 g/mol. The van der Waals surface area contributed by atoms with Gasteiger partial charge in [-0.2, -0.15) is 0 Å². The number of amides is 1. The third-order valence-electron chi connectivity index (χ3n) is 3.16. The number of rotatable bonds is 4. The standard InChI is InChI=1S/C11H22N2O2/c1-13(2)10(14)5-7-11(15-3)6-4-8-12-9-11/h12H,4-9H2,1-3H3/t11-/m0/s1. The predicted octanol–water partition coefficient (Wildman–Crippen LogP) is 0.623. The molecule has 1 fully saturated rings. The molecule has 88 valence electrons. The van der Waals surface area contributed by atoms with Crippen LogP contribution >= 0.6 is 0 Å². The number of hydrogen-bond donors (Lipinski definition) is 1. The van der Waals surface area contributed by atoms with Crippen LogP contribution in [0.3, 0.4) is 0 Å². The van der Waals surface area contributed by atoms with Crippen molar-refractivity contribution >= 4 is 5.91 Å². The van der Waals surface area contributed by atoms with Crippen molar-refractivity contribution in [2.24, 2.45) is 0 Å². The summed E-state index contributed by atoms with van der Waals surface area (Å²) in [5.41, 5.74) is -0.121. The molecule has 0 radical (unpaired) electrons. The third-order valence-corrected chi connectivity index (χ3v) is 3.16. The molecule has 1 aliphatic rings. The molecule has 0 aromatic rings. The van der Waals surface area contributed by atoms with E-state index in [0.717, 1.165) is 32.4 Å². The predicted molar refractivity (Wildman–Crippen MR) is 59.8 cm³/mol. The van der Waals surface area contributed by atoms with Crippen LogP contribution in [0.2, 0.25) is 0 Å². The molecule has 0 spiro atoms. The zero-order valence-electron chi connectivity index (χ0n) is 10.0. The quantitative estimate of drug-likeness (QED) is 0.746. The summed E-state index contributed by atoms with van der Waals surface area (Å²) in [6.07, 6.45) is 3.57. The Morgan fingerprint density at radius 2 is 2.27 bits per heavy atom. The van der Waals surface area contributed by atoms with E-state index in [1.165, 1.54) is 0 Å². The molecule has 1 N–H and O–H groups in total. The Labute approximate surface area is 92.0 Å². The highest BCUT2D eigenvalue weighted by Crippen LogP contribution is 2.25. The van der Waals surface area contributed by atoms with E-state index in [0.29, 0.717) is 6.42 Å². The minimum Gasteiger partial charge on any atom is -0.377 e. The van der Waals surface area contributed by atoms with E-state index in [4.69, 9.17) is 4.74 Å². The van der Waals surface area contributed by atoms with Gasteiger partial charge in [-0.25, -0.2) is 0 Å². The first kappa shape index (κ1) is 12.5. The molecule has 0 bridgehead atoms. The average molecular weight is 214 g/mol. The molecule has 15 heavy (non-hydrogen) atoms. The summed E-state index contributed by atoms with van der Waals surface area (Å²) in [7, 11) is 5.33. The van der Waals surface area contributed by atoms with Gasteiger partial charge in [-0.05, 0) is 25.8 Å². The van der Waals surface area contributed by atoms with Gasteiger partial charge in [-0.1, -0.05) is 0 Å². The summed E-state index contributed by atoms with van der Waals surface area (Å²) in [5.74, 6) is 0.178. The fourth-order valence-corrected chi connectivity index (χ4v) is 1.99. The van der Waals surface area contributed by atoms with Gasteiger partial charge in [0, 0.05) is 34.2 Å². The maximum absolute atomic E-state index is 11.5. The largest absolute Gasteiger partial charge is 0.377 e. The lowest BCUT2D eigenvalue weighted by Gasteiger charge is -2.36. The van der Waals surface area contributed by atoms with E-state index < -0.39 is 0 Å². The van der Waals surface area contributed by atoms with Crippen molar-refractivity contribution in [3.05, 3.63) is 0 Å². The minimum atomic E-state index is -0.121. The van der Waals surface area contributed by atoms with Crippen molar-refractivity contribution in [3.63, 3.8) is 0 Å². The van der Waals surface area contributed by atoms with E-state index in [9.17, 15) is 4.79 Å². The van der Waals surface area contributed by atoms with Gasteiger partial charge in [0.15, 0.2) is 0 Å². The van der Waals surface area contributed by atoms with Crippen molar-refractivity contribution in [1.29, 1.82) is 0 Å². The Morgan fingerprint density at radius 3 is 2.73 bits per heavy atom. The molecule has 4 heteroatoms. The third kappa shape index (κ3) is 3.47. The van der Waals surface area contributed by atoms with E-state index in [1.807, 2.05) is 0 Å². The molecule has 4 nitrogen and oxygen atoms in total. The highest BCUT2D eigenvalue weighted by Gasteiger charge is 2.32. The molecule has 1 heterocycles. The van der Waals surface area contributed by atoms with Crippen LogP contribution in [0.5, 0.6) is 0 Å². The number of carbonyl (C=O) groups excluding carboxylic acids is 1. The number of methoxy groups -OCH3 is 1. The van der Waals surface area contributed by atoms with Crippen LogP contribution in [0.25, 0.3) is 0 Å². The van der Waals surface area contributed by atoms with Crippen LogP contribution in [0.15, 0.2) is 0 Å². The van der Waals surface area contributed by atoms with Crippen LogP contribution in [0.1, 0.15) is 25.7 Å². The SMILES string of the molecule is CO[C@]1(CCC(=O)N(C)C)CCCNC1. The first-order valence-corrected chi connectivity index (χ1v) is 5.56. The second-order valence-electron chi connectivity index (χ2n) is 4.46. The normalized spacial score (nSPS) is 26.3. The number of piperidine rings is 1. The lowest BCUT2D eigenvalue weighted by molar-refractivity contribution is -0.130. The molecule has 0 aromatic carbocycles. The van der Waals surface area contributed by atoms with Crippen molar-refractivity contribution in [1.82, 2.24) is 10.2 Å². The molecule has 0 saturated carbocycles. The fourth-order valence-electron chi connectivity index (χ4n) is 1.99. The molecule has 1 amide bonds. The Hall–Kier alpha value is -0.610. The summed E-state index contributed by atoms with van der Waals surface area (Å²) in [5, 5.41) is 3.33. The summed E-state index contributed by atoms with van der Waals surface area (Å²) in [4.78, 5) is 13.1. The average Bonchev–Trinajstić information content (AvgIpc) is 2.27. The van der Waals surface area contributed by atoms with Crippen molar-refractivity contribution < 1.29 is 9.53 Å². The molecular formula is C11H22N2O2. The van der Waals surface area contributed by atoms with Crippen LogP contribution in [0.4, 0.5) is 0 Å². The Balaban J connectivity index is 2.42. The van der Waals surface area contributed by atoms with Gasteiger partial charge < -0.3 is 15.0 Å². The highest BCUT2D eigenvalue weighted by atomic mass is 16.5. The van der Waals surface area contributed by atoms with Crippen LogP contribution < -0.4 is 5.32 Å². The van der Waals surface area contributed by atoms with Gasteiger partial charge in [-0.3, -0.25) is 4.79 Å². The van der Waals surface area contributed by atoms with Gasteiger partial charge in [-0.15, -0.1) is 0 Å². The van der Waals surface area contributed by atoms with Gasteiger partial charge >= 0.3 is 0 Å². The van der Waals surface area contributed by atoms with Crippen molar-refractivity contribution in [3.8, 4) is 0 Å². The van der Waals surface area contributed by atoms with Gasteiger partial charge in [0.25, 0.3) is 0 Å². The molecule has 0 aromatic heterocycles. The maximum Gasteiger partial charge on any atom is 0.222 e. The second-order valence-corrected chi connectivity index (χ2v) is 4.46. The van der Waals surface area contributed by atoms with E-state index in [-0.39, 0.29) is 11.5 Å². The molecule has 0 unspecified atom stereocenters. The number of ether oxygens (including phenoxy) is 1. The van der Waals surface area contributed by atoms with Gasteiger partial charge in [0.2, 0.25) is 5.91 Å². The van der Waals surface area contributed by atoms with Gasteiger partial charge in [0.05, 0.1) is 5.60 Å². The first-order chi connectivity index (χ1) is 7.09. The number of carbonyl (C=O) groups is 1. The maximum atomic E-state index is 11.5. The monoisotopic (exact) mass is 214 g/mol. The minimum absolute atomic E-state index is 0.121. The molecule has 1 aliphatic heterocycles. The Kier molecular flexibility index (Phi) is 4.54. The smallest absolute Gasteiger partial charge is 0.222 e. The van der Waals surface area contributed by atoms with Crippen molar-refractivity contribution in [2.75, 3.05) is 34.3 Å². The van der Waals surface area contributed by atoms with Crippen molar-refractivity contribution in [2.45, 2.75) is 31.3 Å². The number of nitrogens with zero attached hydrogens (tertiary/aromatic N) is 1. The van der Waals surface area contributed by atoms with E-state index in [2.05, 4.69) is 5.32 Å². The highest BCUT2D eigenvalue weighted by molar-refractivity contribution is 5.75. The van der Waals surface area contributed by atoms with E-state index >= 15 is 0 Å². The lowest BCUT2D eigenvalue weighted by atomic mass is 9.89. The summed E-state index contributed by atoms with van der Waals surface area (Å²) in [6, 6.07) is 0. The summed E-state index contributed by atoms with van der Waals surface area (Å²) < 4.78 is 5.58. The zero-order valence-corrected chi connectivity index (χ0v) is 10.0. The molecule has 0 aliphatic carbocycles. The van der Waals surface area contributed by atoms with E-state index in [1.54, 1.807) is 26.1 Å². The second kappa shape index (κ2) is 5.47. The van der Waals surface area contributed by atoms with Crippen LogP contribution in [-0.4, -0.2) is 50.7 Å². The fraction of sp³-hybridized carbons (Fsp3) is 0.909. The number of nitrogens with one attached hydrogen (secondary N) is 1. The molecule has 1 saturated heterocycles. The number of hydrogen-bond acceptors (Lipinski definition) is 3. The van der Waals surface area contributed by atoms with Crippen LogP contribution in [-0.2, 0) is 9.53 Å². The molecule has 1 rings (SSSR count).